The van der Waals surface area contributed by atoms with Gasteiger partial charge in [-0.15, -0.1) is 0 Å². The molecule has 0 bridgehead atoms. The van der Waals surface area contributed by atoms with Crippen LogP contribution in [-0.2, 0) is 34.2 Å². The second kappa shape index (κ2) is 10.4. The Morgan fingerprint density at radius 1 is 1.00 bits per heavy atom. The molecule has 1 aliphatic rings. The van der Waals surface area contributed by atoms with Gasteiger partial charge in [0.25, 0.3) is 0 Å². The number of amides is 1. The van der Waals surface area contributed by atoms with Crippen LogP contribution in [0.2, 0.25) is 0 Å². The first kappa shape index (κ1) is 24.0. The summed E-state index contributed by atoms with van der Waals surface area (Å²) in [6, 6.07) is 22.6. The summed E-state index contributed by atoms with van der Waals surface area (Å²) < 4.78 is 33.9. The molecule has 178 valence electrons. The van der Waals surface area contributed by atoms with Crippen LogP contribution in [0.1, 0.15) is 22.3 Å². The third-order valence-corrected chi connectivity index (χ3v) is 8.13. The van der Waals surface area contributed by atoms with Crippen LogP contribution in [0.3, 0.4) is 0 Å². The van der Waals surface area contributed by atoms with Gasteiger partial charge in [0, 0.05) is 19.6 Å². The molecule has 1 heterocycles. The minimum atomic E-state index is -3.88. The largest absolute Gasteiger partial charge is 0.496 e. The number of rotatable bonds is 8. The van der Waals surface area contributed by atoms with Crippen molar-refractivity contribution < 1.29 is 17.9 Å². The van der Waals surface area contributed by atoms with E-state index in [9.17, 15) is 13.2 Å². The van der Waals surface area contributed by atoms with Crippen LogP contribution in [0.4, 0.5) is 0 Å². The molecule has 6 nitrogen and oxygen atoms in total. The summed E-state index contributed by atoms with van der Waals surface area (Å²) in [5.41, 5.74) is 4.11. The van der Waals surface area contributed by atoms with E-state index in [0.717, 1.165) is 23.1 Å². The summed E-state index contributed by atoms with van der Waals surface area (Å²) in [6.45, 7) is 2.92. The maximum Gasteiger partial charge on any atom is 0.243 e. The number of carbonyl (C=O) groups is 1. The minimum Gasteiger partial charge on any atom is -0.496 e. The summed E-state index contributed by atoms with van der Waals surface area (Å²) in [5.74, 6) is 0.439. The summed E-state index contributed by atoms with van der Waals surface area (Å²) in [5, 5.41) is 0. The third kappa shape index (κ3) is 5.32. The minimum absolute atomic E-state index is 0.163. The number of aryl methyl sites for hydroxylation is 1. The number of ether oxygens (including phenoxy) is 1. The quantitative estimate of drug-likeness (QED) is 0.494. The van der Waals surface area contributed by atoms with Crippen LogP contribution in [0.25, 0.3) is 0 Å². The summed E-state index contributed by atoms with van der Waals surface area (Å²) in [7, 11) is -2.33. The van der Waals surface area contributed by atoms with E-state index in [0.29, 0.717) is 25.3 Å². The van der Waals surface area contributed by atoms with Crippen molar-refractivity contribution in [1.82, 2.24) is 9.21 Å². The maximum absolute atomic E-state index is 13.6. The molecule has 3 aromatic carbocycles. The highest BCUT2D eigenvalue weighted by Crippen LogP contribution is 2.25. The lowest BCUT2D eigenvalue weighted by molar-refractivity contribution is -0.132. The van der Waals surface area contributed by atoms with Gasteiger partial charge in [-0.2, -0.15) is 4.31 Å². The Labute approximate surface area is 201 Å². The van der Waals surface area contributed by atoms with Crippen molar-refractivity contribution in [3.8, 4) is 5.75 Å². The lowest BCUT2D eigenvalue weighted by Crippen LogP contribution is -2.45. The monoisotopic (exact) mass is 478 g/mol. The molecule has 0 saturated heterocycles. The Morgan fingerprint density at radius 2 is 1.71 bits per heavy atom. The first-order chi connectivity index (χ1) is 16.4. The summed E-state index contributed by atoms with van der Waals surface area (Å²) in [6.07, 6.45) is 1.29. The number of fused-ring (bicyclic) bond motifs is 1. The van der Waals surface area contributed by atoms with Gasteiger partial charge < -0.3 is 9.64 Å². The molecule has 1 amide bonds. The molecule has 3 aromatic rings. The fourth-order valence-corrected chi connectivity index (χ4v) is 5.78. The topological polar surface area (TPSA) is 66.9 Å². The van der Waals surface area contributed by atoms with Gasteiger partial charge in [-0.3, -0.25) is 4.79 Å². The number of benzene rings is 3. The van der Waals surface area contributed by atoms with Gasteiger partial charge >= 0.3 is 0 Å². The van der Waals surface area contributed by atoms with Crippen molar-refractivity contribution in [2.75, 3.05) is 26.7 Å². The molecule has 0 aliphatic carbocycles. The molecule has 4 rings (SSSR count). The Morgan fingerprint density at radius 3 is 2.41 bits per heavy atom. The fourth-order valence-electron chi connectivity index (χ4n) is 4.30. The van der Waals surface area contributed by atoms with E-state index in [1.165, 1.54) is 15.9 Å². The maximum atomic E-state index is 13.6. The van der Waals surface area contributed by atoms with Crippen LogP contribution in [0.5, 0.6) is 5.75 Å². The second-order valence-electron chi connectivity index (χ2n) is 8.54. The number of hydrogen-bond acceptors (Lipinski definition) is 4. The molecule has 0 spiro atoms. The van der Waals surface area contributed by atoms with Crippen LogP contribution in [0.15, 0.2) is 77.7 Å². The molecule has 0 radical (unpaired) electrons. The normalized spacial score (nSPS) is 13.6. The number of carbonyl (C=O) groups excluding carboxylic acids is 1. The predicted molar refractivity (Wildman–Crippen MR) is 132 cm³/mol. The van der Waals surface area contributed by atoms with Crippen molar-refractivity contribution in [2.45, 2.75) is 31.2 Å². The first-order valence-electron chi connectivity index (χ1n) is 11.4. The standard InChI is InChI=1S/C27H30N2O4S/c1-21-18-25(12-13-26(21)33-2)34(31,32)29(17-14-22-8-4-3-5-9-22)20-27(30)28-16-15-23-10-6-7-11-24(23)19-28/h3-13,18H,14-17,19-20H2,1-2H3. The number of hydrogen-bond donors (Lipinski definition) is 0. The van der Waals surface area contributed by atoms with Gasteiger partial charge in [0.05, 0.1) is 18.6 Å². The van der Waals surface area contributed by atoms with E-state index < -0.39 is 10.0 Å². The van der Waals surface area contributed by atoms with Crippen molar-refractivity contribution >= 4 is 15.9 Å². The van der Waals surface area contributed by atoms with E-state index in [2.05, 4.69) is 6.07 Å². The van der Waals surface area contributed by atoms with Crippen LogP contribution in [0, 0.1) is 6.92 Å². The average Bonchev–Trinajstić information content (AvgIpc) is 2.86. The number of sulfonamides is 1. The van der Waals surface area contributed by atoms with Gasteiger partial charge in [0.1, 0.15) is 5.75 Å². The Bertz CT molecular complexity index is 1260. The van der Waals surface area contributed by atoms with E-state index in [1.54, 1.807) is 24.1 Å². The zero-order chi connectivity index (χ0) is 24.1. The summed E-state index contributed by atoms with van der Waals surface area (Å²) >= 11 is 0. The summed E-state index contributed by atoms with van der Waals surface area (Å²) in [4.78, 5) is 15.2. The Kier molecular flexibility index (Phi) is 7.34. The molecule has 0 unspecified atom stereocenters. The number of nitrogens with zero attached hydrogens (tertiary/aromatic N) is 2. The van der Waals surface area contributed by atoms with Crippen LogP contribution in [-0.4, -0.2) is 50.3 Å². The lowest BCUT2D eigenvalue weighted by Gasteiger charge is -2.31. The zero-order valence-electron chi connectivity index (χ0n) is 19.6. The predicted octanol–water partition coefficient (Wildman–Crippen LogP) is 3.82. The van der Waals surface area contributed by atoms with E-state index in [-0.39, 0.29) is 23.9 Å². The molecule has 34 heavy (non-hydrogen) atoms. The molecular formula is C27H30N2O4S. The van der Waals surface area contributed by atoms with Gasteiger partial charge in [-0.1, -0.05) is 54.6 Å². The molecule has 0 fully saturated rings. The Balaban J connectivity index is 1.57. The van der Waals surface area contributed by atoms with Crippen molar-refractivity contribution in [3.05, 3.63) is 95.1 Å². The van der Waals surface area contributed by atoms with Gasteiger partial charge in [0.15, 0.2) is 0 Å². The fraction of sp³-hybridized carbons (Fsp3) is 0.296. The zero-order valence-corrected chi connectivity index (χ0v) is 20.4. The van der Waals surface area contributed by atoms with Gasteiger partial charge in [-0.25, -0.2) is 8.42 Å². The molecule has 0 aromatic heterocycles. The first-order valence-corrected chi connectivity index (χ1v) is 12.9. The molecule has 0 N–H and O–H groups in total. The molecular weight excluding hydrogens is 448 g/mol. The highest BCUT2D eigenvalue weighted by Gasteiger charge is 2.30. The SMILES string of the molecule is COc1ccc(S(=O)(=O)N(CCc2ccccc2)CC(=O)N2CCc3ccccc3C2)cc1C. The molecule has 0 saturated carbocycles. The van der Waals surface area contributed by atoms with Crippen molar-refractivity contribution in [3.63, 3.8) is 0 Å². The van der Waals surface area contributed by atoms with E-state index in [4.69, 9.17) is 4.74 Å². The van der Waals surface area contributed by atoms with Crippen molar-refractivity contribution in [1.29, 1.82) is 0 Å². The lowest BCUT2D eigenvalue weighted by atomic mass is 10.00. The highest BCUT2D eigenvalue weighted by atomic mass is 32.2. The van der Waals surface area contributed by atoms with Gasteiger partial charge in [0.2, 0.25) is 15.9 Å². The second-order valence-corrected chi connectivity index (χ2v) is 10.5. The van der Waals surface area contributed by atoms with Crippen LogP contribution >= 0.6 is 0 Å². The van der Waals surface area contributed by atoms with Crippen LogP contribution < -0.4 is 4.74 Å². The Hall–Kier alpha value is -3.16. The molecule has 1 aliphatic heterocycles. The molecule has 0 atom stereocenters. The van der Waals surface area contributed by atoms with E-state index in [1.807, 2.05) is 55.5 Å². The van der Waals surface area contributed by atoms with E-state index >= 15 is 0 Å². The highest BCUT2D eigenvalue weighted by molar-refractivity contribution is 7.89. The molecule has 7 heteroatoms. The smallest absolute Gasteiger partial charge is 0.243 e. The van der Waals surface area contributed by atoms with Crippen molar-refractivity contribution in [2.24, 2.45) is 0 Å². The average molecular weight is 479 g/mol. The third-order valence-electron chi connectivity index (χ3n) is 6.29. The van der Waals surface area contributed by atoms with Gasteiger partial charge in [-0.05, 0) is 60.2 Å². The number of methoxy groups -OCH3 is 1.